The van der Waals surface area contributed by atoms with Crippen LogP contribution < -0.4 is 11.5 Å². The van der Waals surface area contributed by atoms with E-state index in [9.17, 15) is 0 Å². The summed E-state index contributed by atoms with van der Waals surface area (Å²) in [5.41, 5.74) is 9.24. The second kappa shape index (κ2) is 25.5. The van der Waals surface area contributed by atoms with E-state index < -0.39 is 0 Å². The van der Waals surface area contributed by atoms with Gasteiger partial charge in [-0.15, -0.1) is 34.8 Å². The van der Waals surface area contributed by atoms with Gasteiger partial charge in [-0.25, -0.2) is 0 Å². The Morgan fingerprint density at radius 2 is 1.59 bits per heavy atom. The summed E-state index contributed by atoms with van der Waals surface area (Å²) in [6, 6.07) is 0. The largest absolute Gasteiger partial charge is 0.377 e. The molecule has 0 aliphatic rings. The number of hydrogen-bond acceptors (Lipinski definition) is 6. The fourth-order valence-electron chi connectivity index (χ4n) is 0.647. The second-order valence-electron chi connectivity index (χ2n) is 3.55. The van der Waals surface area contributed by atoms with E-state index in [1.165, 1.54) is 0 Å². The molecule has 0 saturated heterocycles. The maximum Gasteiger partial charge on any atom is 0.160 e. The normalized spacial score (nSPS) is 12.3. The van der Waals surface area contributed by atoms with Crippen LogP contribution in [0.25, 0.3) is 0 Å². The van der Waals surface area contributed by atoms with Crippen molar-refractivity contribution in [1.82, 2.24) is 0 Å². The van der Waals surface area contributed by atoms with E-state index in [4.69, 9.17) is 34.8 Å². The number of thiol groups is 3. The average Bonchev–Trinajstić information content (AvgIpc) is 2.47. The molecule has 0 heterocycles. The summed E-state index contributed by atoms with van der Waals surface area (Å²) in [6.45, 7) is 0. The molecule has 0 saturated carbocycles. The molecule has 11 heteroatoms. The fraction of sp³-hybridized carbons (Fsp3) is 0.909. The van der Waals surface area contributed by atoms with E-state index in [2.05, 4.69) is 61.6 Å². The third kappa shape index (κ3) is 38.1. The highest BCUT2D eigenvalue weighted by Gasteiger charge is 2.00. The Kier molecular flexibility index (Phi) is 33.8. The van der Waals surface area contributed by atoms with Gasteiger partial charge < -0.3 is 11.5 Å². The smallest absolute Gasteiger partial charge is 0.160 e. The van der Waals surface area contributed by atoms with Gasteiger partial charge >= 0.3 is 0 Å². The minimum Gasteiger partial charge on any atom is -0.377 e. The van der Waals surface area contributed by atoms with Crippen molar-refractivity contribution in [3.63, 3.8) is 0 Å². The SMILES string of the molecule is ClCCSCC(Cl)CCl.NC(N)=S.SCCSCC(S)CS. The van der Waals surface area contributed by atoms with Crippen molar-refractivity contribution in [3.8, 4) is 0 Å². The van der Waals surface area contributed by atoms with E-state index in [-0.39, 0.29) is 10.5 Å². The Hall–Kier alpha value is 2.31. The van der Waals surface area contributed by atoms with Crippen LogP contribution in [0.4, 0.5) is 0 Å². The molecule has 2 unspecified atom stereocenters. The van der Waals surface area contributed by atoms with E-state index in [1.807, 2.05) is 11.8 Å². The first kappa shape index (κ1) is 29.1. The first-order valence-corrected chi connectivity index (χ1v) is 12.2. The van der Waals surface area contributed by atoms with Gasteiger partial charge in [-0.3, -0.25) is 0 Å². The van der Waals surface area contributed by atoms with Gasteiger partial charge in [0.1, 0.15) is 0 Å². The first-order chi connectivity index (χ1) is 10.3. The zero-order valence-electron chi connectivity index (χ0n) is 12.2. The van der Waals surface area contributed by atoms with E-state index in [0.717, 1.165) is 34.5 Å². The predicted molar refractivity (Wildman–Crippen MR) is 127 cm³/mol. The van der Waals surface area contributed by atoms with Crippen molar-refractivity contribution in [1.29, 1.82) is 0 Å². The molecule has 2 nitrogen and oxygen atoms in total. The van der Waals surface area contributed by atoms with Crippen LogP contribution in [0.1, 0.15) is 0 Å². The van der Waals surface area contributed by atoms with Gasteiger partial charge in [-0.2, -0.15) is 61.4 Å². The number of hydrogen-bond donors (Lipinski definition) is 5. The van der Waals surface area contributed by atoms with Gasteiger partial charge in [0.15, 0.2) is 5.11 Å². The van der Waals surface area contributed by atoms with Gasteiger partial charge in [0, 0.05) is 45.8 Å². The number of alkyl halides is 3. The number of halogens is 3. The zero-order valence-corrected chi connectivity index (χ0v) is 19.6. The van der Waals surface area contributed by atoms with Crippen molar-refractivity contribution < 1.29 is 0 Å². The fourth-order valence-corrected chi connectivity index (χ4v) is 3.82. The number of rotatable bonds is 10. The first-order valence-electron chi connectivity index (χ1n) is 6.21. The van der Waals surface area contributed by atoms with Gasteiger partial charge in [0.05, 0.1) is 5.38 Å². The van der Waals surface area contributed by atoms with Crippen LogP contribution in [0.15, 0.2) is 0 Å². The molecule has 0 aromatic carbocycles. The van der Waals surface area contributed by atoms with Crippen LogP contribution in [-0.4, -0.2) is 62.0 Å². The summed E-state index contributed by atoms with van der Waals surface area (Å²) in [4.78, 5) is 0. The third-order valence-corrected chi connectivity index (χ3v) is 7.01. The maximum atomic E-state index is 5.71. The molecule has 4 N–H and O–H groups in total. The monoisotopic (exact) mass is 482 g/mol. The Morgan fingerprint density at radius 1 is 1.09 bits per heavy atom. The quantitative estimate of drug-likeness (QED) is 0.141. The molecular weight excluding hydrogens is 459 g/mol. The highest BCUT2D eigenvalue weighted by molar-refractivity contribution is 8.00. The average molecular weight is 484 g/mol. The Bertz CT molecular complexity index is 210. The molecule has 22 heavy (non-hydrogen) atoms. The summed E-state index contributed by atoms with van der Waals surface area (Å²) in [6.07, 6.45) is 0. The molecule has 0 bridgehead atoms. The molecule has 0 amide bonds. The lowest BCUT2D eigenvalue weighted by Gasteiger charge is -2.04. The number of nitrogens with two attached hydrogens (primary N) is 2. The zero-order chi connectivity index (χ0) is 17.8. The molecule has 0 aromatic heterocycles. The Morgan fingerprint density at radius 3 is 1.95 bits per heavy atom. The van der Waals surface area contributed by atoms with Crippen molar-refractivity contribution in [3.05, 3.63) is 0 Å². The van der Waals surface area contributed by atoms with E-state index in [1.54, 1.807) is 11.8 Å². The summed E-state index contributed by atoms with van der Waals surface area (Å²) in [7, 11) is 0. The highest BCUT2D eigenvalue weighted by Crippen LogP contribution is 2.09. The lowest BCUT2D eigenvalue weighted by Crippen LogP contribution is -2.18. The van der Waals surface area contributed by atoms with Gasteiger partial charge in [0.2, 0.25) is 0 Å². The lowest BCUT2D eigenvalue weighted by molar-refractivity contribution is 1.12. The number of thiocarbonyl (C=S) groups is 1. The van der Waals surface area contributed by atoms with Crippen molar-refractivity contribution in [2.45, 2.75) is 10.6 Å². The lowest BCUT2D eigenvalue weighted by atomic mass is 10.6. The van der Waals surface area contributed by atoms with Crippen molar-refractivity contribution in [2.24, 2.45) is 11.5 Å². The minimum atomic E-state index is 0.000000000000000222. The summed E-state index contributed by atoms with van der Waals surface area (Å²) < 4.78 is 0. The standard InChI is InChI=1S/C5H9Cl3S.C5H12S4.CH4N2S/c2*6-1-2-9-4-5(8)3-7;2-1(3)4/h5H,1-4H2;5-8H,1-4H2;(H4,2,3,4). The second-order valence-corrected chi connectivity index (χ2v) is 9.17. The van der Waals surface area contributed by atoms with E-state index >= 15 is 0 Å². The third-order valence-electron chi connectivity index (χ3n) is 1.44. The van der Waals surface area contributed by atoms with Gasteiger partial charge in [-0.05, 0) is 18.0 Å². The molecule has 0 rings (SSSR count). The maximum absolute atomic E-state index is 5.71. The molecule has 2 atom stereocenters. The van der Waals surface area contributed by atoms with Crippen molar-refractivity contribution in [2.75, 3.05) is 46.3 Å². The highest BCUT2D eigenvalue weighted by atomic mass is 35.5. The minimum absolute atomic E-state index is 0.000000000000000222. The summed E-state index contributed by atoms with van der Waals surface area (Å²) in [5.74, 6) is 7.11. The molecule has 0 spiro atoms. The van der Waals surface area contributed by atoms with Crippen LogP contribution in [0.2, 0.25) is 0 Å². The van der Waals surface area contributed by atoms with Crippen LogP contribution in [0.3, 0.4) is 0 Å². The van der Waals surface area contributed by atoms with Crippen LogP contribution in [0, 0.1) is 0 Å². The van der Waals surface area contributed by atoms with Crippen LogP contribution in [0.5, 0.6) is 0 Å². The van der Waals surface area contributed by atoms with Crippen LogP contribution in [-0.2, 0) is 0 Å². The molecule has 0 aromatic rings. The molecule has 0 fully saturated rings. The summed E-state index contributed by atoms with van der Waals surface area (Å²) >= 11 is 36.8. The van der Waals surface area contributed by atoms with Crippen LogP contribution >= 0.6 is 108 Å². The molecule has 136 valence electrons. The van der Waals surface area contributed by atoms with Gasteiger partial charge in [0.25, 0.3) is 0 Å². The Labute approximate surface area is 180 Å². The molecular formula is C11H25Cl3N2S6. The molecule has 0 radical (unpaired) electrons. The predicted octanol–water partition coefficient (Wildman–Crippen LogP) is 3.87. The van der Waals surface area contributed by atoms with Gasteiger partial charge in [-0.1, -0.05) is 0 Å². The topological polar surface area (TPSA) is 52.0 Å². The number of thioether (sulfide) groups is 2. The summed E-state index contributed by atoms with van der Waals surface area (Å²) in [5, 5.41) is 0.540. The molecule has 0 aliphatic carbocycles. The molecule has 0 aliphatic heterocycles. The van der Waals surface area contributed by atoms with E-state index in [0.29, 0.717) is 17.0 Å². The Balaban J connectivity index is -0.000000266. The van der Waals surface area contributed by atoms with Crippen molar-refractivity contribution >= 4 is 114 Å².